The molecule has 32 heavy (non-hydrogen) atoms. The number of aryl methyl sites for hydroxylation is 2. The third-order valence-electron chi connectivity index (χ3n) is 5.51. The van der Waals surface area contributed by atoms with E-state index in [1.807, 2.05) is 50.2 Å². The van der Waals surface area contributed by atoms with E-state index in [2.05, 4.69) is 0 Å². The maximum Gasteiger partial charge on any atom is 0.339 e. The van der Waals surface area contributed by atoms with Gasteiger partial charge in [-0.25, -0.2) is 4.79 Å². The lowest BCUT2D eigenvalue weighted by Gasteiger charge is -2.21. The first-order valence-corrected chi connectivity index (χ1v) is 11.2. The Morgan fingerprint density at radius 2 is 1.97 bits per heavy atom. The van der Waals surface area contributed by atoms with Gasteiger partial charge in [0.05, 0.1) is 26.5 Å². The number of benzene rings is 1. The molecule has 0 fully saturated rings. The summed E-state index contributed by atoms with van der Waals surface area (Å²) < 4.78 is 16.2. The molecule has 6 nitrogen and oxygen atoms in total. The molecule has 0 aliphatic carbocycles. The second kappa shape index (κ2) is 9.44. The number of furan rings is 1. The average molecular weight is 452 g/mol. The van der Waals surface area contributed by atoms with Crippen molar-refractivity contribution in [1.29, 1.82) is 0 Å². The topological polar surface area (TPSA) is 72.9 Å². The first-order chi connectivity index (χ1) is 15.4. The van der Waals surface area contributed by atoms with Crippen LogP contribution in [-0.2, 0) is 24.3 Å². The van der Waals surface area contributed by atoms with E-state index in [1.54, 1.807) is 35.7 Å². The predicted octanol–water partition coefficient (Wildman–Crippen LogP) is 5.23. The fraction of sp³-hybridized carbons (Fsp3) is 0.280. The molecule has 3 heterocycles. The Bertz CT molecular complexity index is 1290. The Morgan fingerprint density at radius 3 is 2.66 bits per heavy atom. The van der Waals surface area contributed by atoms with E-state index in [4.69, 9.17) is 13.6 Å². The molecule has 1 amide bonds. The molecule has 0 bridgehead atoms. The number of ether oxygens (including phenoxy) is 1. The minimum atomic E-state index is -0.414. The molecule has 0 aliphatic heterocycles. The summed E-state index contributed by atoms with van der Waals surface area (Å²) in [6, 6.07) is 13.2. The fourth-order valence-corrected chi connectivity index (χ4v) is 4.67. The summed E-state index contributed by atoms with van der Waals surface area (Å²) in [6.45, 7) is 4.82. The largest absolute Gasteiger partial charge is 0.497 e. The number of nitrogens with zero attached hydrogens (tertiary/aromatic N) is 1. The second-order valence-electron chi connectivity index (χ2n) is 7.70. The molecule has 0 spiro atoms. The summed E-state index contributed by atoms with van der Waals surface area (Å²) in [6.07, 6.45) is 2.12. The van der Waals surface area contributed by atoms with Crippen molar-refractivity contribution in [2.75, 3.05) is 7.11 Å². The van der Waals surface area contributed by atoms with Crippen LogP contribution in [0.25, 0.3) is 11.0 Å². The quantitative estimate of drug-likeness (QED) is 0.343. The summed E-state index contributed by atoms with van der Waals surface area (Å²) >= 11 is 1.67. The molecule has 7 heteroatoms. The number of fused-ring (bicyclic) bond motifs is 1. The Balaban J connectivity index is 1.54. The van der Waals surface area contributed by atoms with Gasteiger partial charge in [0.15, 0.2) is 0 Å². The zero-order valence-corrected chi connectivity index (χ0v) is 19.2. The Morgan fingerprint density at radius 1 is 1.12 bits per heavy atom. The lowest BCUT2D eigenvalue weighted by atomic mass is 10.0. The molecule has 0 saturated carbocycles. The maximum atomic E-state index is 13.2. The van der Waals surface area contributed by atoms with E-state index in [9.17, 15) is 9.59 Å². The summed E-state index contributed by atoms with van der Waals surface area (Å²) in [5.41, 5.74) is 1.43. The van der Waals surface area contributed by atoms with Gasteiger partial charge in [0, 0.05) is 33.2 Å². The first kappa shape index (κ1) is 21.9. The monoisotopic (exact) mass is 451 g/mol. The predicted molar refractivity (Wildman–Crippen MR) is 124 cm³/mol. The molecular weight excluding hydrogens is 426 g/mol. The van der Waals surface area contributed by atoms with Crippen LogP contribution in [0.15, 0.2) is 62.4 Å². The van der Waals surface area contributed by atoms with Gasteiger partial charge >= 0.3 is 5.63 Å². The van der Waals surface area contributed by atoms with Crippen LogP contribution in [0, 0.1) is 13.8 Å². The zero-order chi connectivity index (χ0) is 22.7. The number of methoxy groups -OCH3 is 1. The van der Waals surface area contributed by atoms with Crippen LogP contribution in [0.4, 0.5) is 0 Å². The highest BCUT2D eigenvalue weighted by molar-refractivity contribution is 7.11. The van der Waals surface area contributed by atoms with Crippen molar-refractivity contribution in [3.63, 3.8) is 0 Å². The highest BCUT2D eigenvalue weighted by atomic mass is 32.1. The van der Waals surface area contributed by atoms with E-state index < -0.39 is 5.63 Å². The van der Waals surface area contributed by atoms with Gasteiger partial charge in [-0.2, -0.15) is 0 Å². The molecule has 1 aromatic carbocycles. The summed E-state index contributed by atoms with van der Waals surface area (Å²) in [5, 5.41) is 0.842. The molecule has 166 valence electrons. The molecule has 0 atom stereocenters. The third-order valence-corrected chi connectivity index (χ3v) is 6.49. The Kier molecular flexibility index (Phi) is 6.46. The van der Waals surface area contributed by atoms with Gasteiger partial charge in [0.25, 0.3) is 0 Å². The lowest BCUT2D eigenvalue weighted by molar-refractivity contribution is -0.132. The van der Waals surface area contributed by atoms with Crippen LogP contribution in [0.3, 0.4) is 0 Å². The van der Waals surface area contributed by atoms with Gasteiger partial charge in [0.1, 0.15) is 17.1 Å². The van der Waals surface area contributed by atoms with Crippen LogP contribution < -0.4 is 10.4 Å². The van der Waals surface area contributed by atoms with Gasteiger partial charge in [-0.1, -0.05) is 0 Å². The standard InChI is InChI=1S/C25H25NO5S/c1-16-6-8-20(32-16)15-26(14-19-5-4-12-30-19)24(27)11-10-22-17(2)21-9-7-18(29-3)13-23(21)31-25(22)28/h4-9,12-13H,10-11,14-15H2,1-3H3. The molecule has 0 N–H and O–H groups in total. The van der Waals surface area contributed by atoms with Crippen LogP contribution in [0.5, 0.6) is 5.75 Å². The van der Waals surface area contributed by atoms with Crippen LogP contribution in [0.2, 0.25) is 0 Å². The molecule has 0 saturated heterocycles. The second-order valence-corrected chi connectivity index (χ2v) is 9.07. The van der Waals surface area contributed by atoms with Crippen LogP contribution >= 0.6 is 11.3 Å². The van der Waals surface area contributed by atoms with Gasteiger partial charge in [-0.15, -0.1) is 11.3 Å². The normalized spacial score (nSPS) is 11.1. The number of rotatable bonds is 8. The molecule has 4 rings (SSSR count). The molecule has 3 aromatic heterocycles. The van der Waals surface area contributed by atoms with Crippen molar-refractivity contribution in [3.8, 4) is 5.75 Å². The molecule has 0 unspecified atom stereocenters. The number of hydrogen-bond acceptors (Lipinski definition) is 6. The van der Waals surface area contributed by atoms with E-state index in [-0.39, 0.29) is 12.3 Å². The lowest BCUT2D eigenvalue weighted by Crippen LogP contribution is -2.30. The van der Waals surface area contributed by atoms with Crippen molar-refractivity contribution >= 4 is 28.2 Å². The maximum absolute atomic E-state index is 13.2. The minimum absolute atomic E-state index is 0.0407. The zero-order valence-electron chi connectivity index (χ0n) is 18.3. The van der Waals surface area contributed by atoms with E-state index in [0.29, 0.717) is 36.4 Å². The van der Waals surface area contributed by atoms with Crippen molar-refractivity contribution in [2.45, 2.75) is 39.8 Å². The first-order valence-electron chi connectivity index (χ1n) is 10.4. The van der Waals surface area contributed by atoms with E-state index >= 15 is 0 Å². The number of hydrogen-bond donors (Lipinski definition) is 0. The molecule has 4 aromatic rings. The van der Waals surface area contributed by atoms with Gasteiger partial charge < -0.3 is 18.5 Å². The van der Waals surface area contributed by atoms with Gasteiger partial charge in [0.2, 0.25) is 5.91 Å². The Hall–Kier alpha value is -3.32. The minimum Gasteiger partial charge on any atom is -0.497 e. The summed E-state index contributed by atoms with van der Waals surface area (Å²) in [7, 11) is 1.57. The third kappa shape index (κ3) is 4.78. The van der Waals surface area contributed by atoms with Crippen LogP contribution in [-0.4, -0.2) is 17.9 Å². The number of thiophene rings is 1. The average Bonchev–Trinajstić information content (AvgIpc) is 3.44. The summed E-state index contributed by atoms with van der Waals surface area (Å²) in [5.74, 6) is 1.31. The highest BCUT2D eigenvalue weighted by Gasteiger charge is 2.19. The smallest absolute Gasteiger partial charge is 0.339 e. The number of carbonyl (C=O) groups excluding carboxylic acids is 1. The molecule has 0 radical (unpaired) electrons. The highest BCUT2D eigenvalue weighted by Crippen LogP contribution is 2.25. The Labute approximate surface area is 190 Å². The molecular formula is C25H25NO5S. The van der Waals surface area contributed by atoms with Gasteiger partial charge in [-0.3, -0.25) is 4.79 Å². The van der Waals surface area contributed by atoms with Crippen LogP contribution in [0.1, 0.15) is 33.1 Å². The van der Waals surface area contributed by atoms with E-state index in [1.165, 1.54) is 4.88 Å². The SMILES string of the molecule is COc1ccc2c(C)c(CCC(=O)N(Cc3ccco3)Cc3ccc(C)s3)c(=O)oc2c1. The van der Waals surface area contributed by atoms with Gasteiger partial charge in [-0.05, 0) is 62.2 Å². The fourth-order valence-electron chi connectivity index (χ4n) is 3.76. The number of carbonyl (C=O) groups is 1. The molecule has 0 aliphatic rings. The van der Waals surface area contributed by atoms with Crippen molar-refractivity contribution in [3.05, 3.63) is 85.8 Å². The van der Waals surface area contributed by atoms with Crippen molar-refractivity contribution in [1.82, 2.24) is 4.90 Å². The van der Waals surface area contributed by atoms with E-state index in [0.717, 1.165) is 21.6 Å². The number of amides is 1. The van der Waals surface area contributed by atoms with Crippen molar-refractivity contribution < 1.29 is 18.4 Å². The summed E-state index contributed by atoms with van der Waals surface area (Å²) in [4.78, 5) is 29.9. The van der Waals surface area contributed by atoms with Crippen molar-refractivity contribution in [2.24, 2.45) is 0 Å².